The highest BCUT2D eigenvalue weighted by Crippen LogP contribution is 2.26. The van der Waals surface area contributed by atoms with Crippen LogP contribution in [0.4, 0.5) is 0 Å². The molecule has 7 nitrogen and oxygen atoms in total. The summed E-state index contributed by atoms with van der Waals surface area (Å²) in [5, 5.41) is 4.41. The number of piperidine rings is 1. The Hall–Kier alpha value is -2.57. The second-order valence-corrected chi connectivity index (χ2v) is 6.69. The summed E-state index contributed by atoms with van der Waals surface area (Å²) in [6, 6.07) is 7.61. The monoisotopic (exact) mass is 358 g/mol. The molecule has 2 aromatic rings. The summed E-state index contributed by atoms with van der Waals surface area (Å²) in [4.78, 5) is 26.6. The average Bonchev–Trinajstić information content (AvgIpc) is 2.96. The van der Waals surface area contributed by atoms with Crippen LogP contribution in [0, 0.1) is 0 Å². The number of nitrogens with zero attached hydrogens (tertiary/aromatic N) is 4. The Morgan fingerprint density at radius 3 is 2.46 bits per heavy atom. The molecule has 1 aromatic carbocycles. The third-order valence-corrected chi connectivity index (χ3v) is 5.08. The van der Waals surface area contributed by atoms with Gasteiger partial charge in [0, 0.05) is 32.6 Å². The topological polar surface area (TPSA) is 69.4 Å². The first-order chi connectivity index (χ1) is 12.5. The van der Waals surface area contributed by atoms with Gasteiger partial charge >= 0.3 is 5.69 Å². The molecule has 1 saturated heterocycles. The number of ether oxygens (including phenoxy) is 1. The number of aryl methyl sites for hydroxylation is 1. The van der Waals surface area contributed by atoms with Crippen LogP contribution in [0.5, 0.6) is 5.75 Å². The van der Waals surface area contributed by atoms with Gasteiger partial charge in [0.1, 0.15) is 11.6 Å². The van der Waals surface area contributed by atoms with Crippen LogP contribution in [0.2, 0.25) is 0 Å². The number of methoxy groups -OCH3 is 1. The summed E-state index contributed by atoms with van der Waals surface area (Å²) in [7, 11) is 3.31. The van der Waals surface area contributed by atoms with Gasteiger partial charge in [0.2, 0.25) is 5.91 Å². The molecule has 1 aliphatic rings. The molecule has 0 unspecified atom stereocenters. The fourth-order valence-corrected chi connectivity index (χ4v) is 3.54. The Morgan fingerprint density at radius 2 is 1.88 bits per heavy atom. The molecule has 3 rings (SSSR count). The summed E-state index contributed by atoms with van der Waals surface area (Å²) in [5.41, 5.74) is 0.919. The molecule has 1 fully saturated rings. The van der Waals surface area contributed by atoms with Crippen LogP contribution in [0.3, 0.4) is 0 Å². The number of benzene rings is 1. The first-order valence-electron chi connectivity index (χ1n) is 9.08. The first-order valence-corrected chi connectivity index (χ1v) is 9.08. The minimum atomic E-state index is -0.0690. The molecule has 1 aromatic heterocycles. The van der Waals surface area contributed by atoms with E-state index in [4.69, 9.17) is 4.74 Å². The number of likely N-dealkylation sites (tertiary alicyclic amines) is 1. The second-order valence-electron chi connectivity index (χ2n) is 6.69. The predicted molar refractivity (Wildman–Crippen MR) is 98.4 cm³/mol. The highest BCUT2D eigenvalue weighted by atomic mass is 16.5. The lowest BCUT2D eigenvalue weighted by molar-refractivity contribution is -0.131. The molecule has 0 radical (unpaired) electrons. The molecule has 2 heterocycles. The van der Waals surface area contributed by atoms with Crippen LogP contribution >= 0.6 is 0 Å². The predicted octanol–water partition coefficient (Wildman–Crippen LogP) is 1.56. The van der Waals surface area contributed by atoms with Gasteiger partial charge in [-0.2, -0.15) is 5.10 Å². The highest BCUT2D eigenvalue weighted by Gasteiger charge is 2.27. The largest absolute Gasteiger partial charge is 0.497 e. The van der Waals surface area contributed by atoms with E-state index in [1.54, 1.807) is 18.7 Å². The normalized spacial score (nSPS) is 15.3. The molecule has 0 bridgehead atoms. The van der Waals surface area contributed by atoms with Crippen LogP contribution in [0.1, 0.15) is 37.1 Å². The zero-order chi connectivity index (χ0) is 18.7. The lowest BCUT2D eigenvalue weighted by Gasteiger charge is -2.31. The zero-order valence-electron chi connectivity index (χ0n) is 15.6. The Bertz CT molecular complexity index is 814. The quantitative estimate of drug-likeness (QED) is 0.813. The highest BCUT2D eigenvalue weighted by molar-refractivity contribution is 5.78. The van der Waals surface area contributed by atoms with Crippen LogP contribution in [-0.4, -0.2) is 45.4 Å². The van der Waals surface area contributed by atoms with E-state index in [1.807, 2.05) is 36.1 Å². The van der Waals surface area contributed by atoms with Crippen molar-refractivity contribution in [3.63, 3.8) is 0 Å². The number of hydrogen-bond acceptors (Lipinski definition) is 4. The smallest absolute Gasteiger partial charge is 0.345 e. The van der Waals surface area contributed by atoms with Gasteiger partial charge in [-0.15, -0.1) is 0 Å². The fraction of sp³-hybridized carbons (Fsp3) is 0.526. The van der Waals surface area contributed by atoms with Crippen molar-refractivity contribution in [3.05, 3.63) is 46.1 Å². The molecule has 0 N–H and O–H groups in total. The molecule has 1 aliphatic heterocycles. The molecule has 1 amide bonds. The summed E-state index contributed by atoms with van der Waals surface area (Å²) >= 11 is 0. The van der Waals surface area contributed by atoms with Gasteiger partial charge in [-0.3, -0.25) is 9.36 Å². The van der Waals surface area contributed by atoms with Crippen molar-refractivity contribution < 1.29 is 9.53 Å². The first kappa shape index (κ1) is 18.2. The van der Waals surface area contributed by atoms with E-state index in [-0.39, 0.29) is 17.5 Å². The molecule has 140 valence electrons. The van der Waals surface area contributed by atoms with Crippen molar-refractivity contribution >= 4 is 5.91 Å². The van der Waals surface area contributed by atoms with E-state index in [9.17, 15) is 9.59 Å². The zero-order valence-corrected chi connectivity index (χ0v) is 15.6. The molecule has 0 spiro atoms. The van der Waals surface area contributed by atoms with Gasteiger partial charge < -0.3 is 9.64 Å². The lowest BCUT2D eigenvalue weighted by Crippen LogP contribution is -2.39. The Morgan fingerprint density at radius 1 is 1.23 bits per heavy atom. The van der Waals surface area contributed by atoms with Gasteiger partial charge in [0.25, 0.3) is 0 Å². The van der Waals surface area contributed by atoms with E-state index in [2.05, 4.69) is 5.10 Å². The summed E-state index contributed by atoms with van der Waals surface area (Å²) < 4.78 is 8.28. The van der Waals surface area contributed by atoms with Crippen molar-refractivity contribution in [2.75, 3.05) is 20.2 Å². The Balaban J connectivity index is 1.60. The standard InChI is InChI=1S/C19H26N4O3/c1-4-23-18(20-21(2)19(23)25)15-9-11-22(12-10-15)17(24)13-14-5-7-16(26-3)8-6-14/h5-8,15H,4,9-13H2,1-3H3. The van der Waals surface area contributed by atoms with E-state index in [1.165, 1.54) is 4.68 Å². The molecule has 26 heavy (non-hydrogen) atoms. The van der Waals surface area contributed by atoms with E-state index < -0.39 is 0 Å². The van der Waals surface area contributed by atoms with Gasteiger partial charge in [-0.25, -0.2) is 9.48 Å². The lowest BCUT2D eigenvalue weighted by atomic mass is 9.95. The molecule has 0 saturated carbocycles. The minimum Gasteiger partial charge on any atom is -0.497 e. The Kier molecular flexibility index (Phi) is 5.44. The second kappa shape index (κ2) is 7.76. The molecular formula is C19H26N4O3. The van der Waals surface area contributed by atoms with Crippen LogP contribution in [-0.2, 0) is 24.8 Å². The van der Waals surface area contributed by atoms with E-state index in [0.29, 0.717) is 26.1 Å². The van der Waals surface area contributed by atoms with Crippen LogP contribution in [0.25, 0.3) is 0 Å². The number of carbonyl (C=O) groups excluding carboxylic acids is 1. The number of rotatable bonds is 5. The van der Waals surface area contributed by atoms with Gasteiger partial charge in [-0.1, -0.05) is 12.1 Å². The molecule has 0 atom stereocenters. The summed E-state index contributed by atoms with van der Waals surface area (Å²) in [6.45, 7) is 3.99. The fourth-order valence-electron chi connectivity index (χ4n) is 3.54. The number of aromatic nitrogens is 3. The third-order valence-electron chi connectivity index (χ3n) is 5.08. The molecule has 7 heteroatoms. The number of amides is 1. The van der Waals surface area contributed by atoms with Crippen molar-refractivity contribution in [1.29, 1.82) is 0 Å². The molecular weight excluding hydrogens is 332 g/mol. The van der Waals surface area contributed by atoms with E-state index >= 15 is 0 Å². The van der Waals surface area contributed by atoms with Gasteiger partial charge in [-0.05, 0) is 37.5 Å². The van der Waals surface area contributed by atoms with Crippen molar-refractivity contribution in [3.8, 4) is 5.75 Å². The maximum atomic E-state index is 12.6. The van der Waals surface area contributed by atoms with Crippen molar-refractivity contribution in [1.82, 2.24) is 19.2 Å². The maximum Gasteiger partial charge on any atom is 0.345 e. The Labute approximate surface area is 153 Å². The summed E-state index contributed by atoms with van der Waals surface area (Å²) in [5.74, 6) is 2.01. The van der Waals surface area contributed by atoms with Gasteiger partial charge in [0.15, 0.2) is 0 Å². The third kappa shape index (κ3) is 3.66. The van der Waals surface area contributed by atoms with Crippen molar-refractivity contribution in [2.24, 2.45) is 7.05 Å². The van der Waals surface area contributed by atoms with Crippen molar-refractivity contribution in [2.45, 2.75) is 38.6 Å². The average molecular weight is 358 g/mol. The number of hydrogen-bond donors (Lipinski definition) is 0. The van der Waals surface area contributed by atoms with Crippen LogP contribution < -0.4 is 10.4 Å². The van der Waals surface area contributed by atoms with E-state index in [0.717, 1.165) is 30.0 Å². The van der Waals surface area contributed by atoms with Gasteiger partial charge in [0.05, 0.1) is 13.5 Å². The minimum absolute atomic E-state index is 0.0690. The number of carbonyl (C=O) groups is 1. The van der Waals surface area contributed by atoms with Crippen LogP contribution in [0.15, 0.2) is 29.1 Å². The summed E-state index contributed by atoms with van der Waals surface area (Å²) in [6.07, 6.45) is 2.08. The SMILES string of the molecule is CCn1c(C2CCN(C(=O)Cc3ccc(OC)cc3)CC2)nn(C)c1=O. The maximum absolute atomic E-state index is 12.6. The molecule has 0 aliphatic carbocycles.